The van der Waals surface area contributed by atoms with E-state index in [-0.39, 0.29) is 11.9 Å². The predicted molar refractivity (Wildman–Crippen MR) is 81.0 cm³/mol. The molecule has 5 nitrogen and oxygen atoms in total. The molecule has 0 spiro atoms. The molecule has 0 aromatic heterocycles. The van der Waals surface area contributed by atoms with E-state index in [1.807, 2.05) is 0 Å². The minimum atomic E-state index is -0.677. The van der Waals surface area contributed by atoms with Crippen LogP contribution in [0.5, 0.6) is 0 Å². The number of carboxylic acid groups (broad SMARTS) is 1. The van der Waals surface area contributed by atoms with Gasteiger partial charge >= 0.3 is 12.0 Å². The number of nitrogens with one attached hydrogen (secondary N) is 2. The molecule has 2 rings (SSSR count). The molecule has 3 N–H and O–H groups in total. The van der Waals surface area contributed by atoms with Gasteiger partial charge in [-0.05, 0) is 56.3 Å². The fraction of sp³-hybridized carbons (Fsp3) is 0.875. The van der Waals surface area contributed by atoms with Crippen LogP contribution in [0, 0.1) is 23.7 Å². The summed E-state index contributed by atoms with van der Waals surface area (Å²) in [5, 5.41) is 15.0. The first-order valence-electron chi connectivity index (χ1n) is 8.24. The molecule has 2 fully saturated rings. The van der Waals surface area contributed by atoms with Crippen molar-refractivity contribution >= 4 is 12.0 Å². The largest absolute Gasteiger partial charge is 0.481 e. The number of rotatable bonds is 4. The molecule has 3 unspecified atom stereocenters. The lowest BCUT2D eigenvalue weighted by Gasteiger charge is -2.26. The molecule has 2 aliphatic carbocycles. The van der Waals surface area contributed by atoms with Crippen molar-refractivity contribution < 1.29 is 14.7 Å². The maximum Gasteiger partial charge on any atom is 0.315 e. The molecule has 0 aromatic rings. The molecule has 120 valence electrons. The Morgan fingerprint density at radius 1 is 1.05 bits per heavy atom. The Bertz CT molecular complexity index is 378. The summed E-state index contributed by atoms with van der Waals surface area (Å²) < 4.78 is 0. The van der Waals surface area contributed by atoms with Gasteiger partial charge in [-0.25, -0.2) is 4.79 Å². The maximum absolute atomic E-state index is 12.0. The van der Waals surface area contributed by atoms with Gasteiger partial charge in [0, 0.05) is 12.6 Å². The Kier molecular flexibility index (Phi) is 5.48. The minimum Gasteiger partial charge on any atom is -0.481 e. The van der Waals surface area contributed by atoms with E-state index in [4.69, 9.17) is 5.11 Å². The van der Waals surface area contributed by atoms with Crippen LogP contribution in [0.4, 0.5) is 4.79 Å². The number of hydrogen-bond donors (Lipinski definition) is 3. The summed E-state index contributed by atoms with van der Waals surface area (Å²) in [4.78, 5) is 22.8. The molecule has 0 radical (unpaired) electrons. The number of amides is 2. The second-order valence-corrected chi connectivity index (χ2v) is 6.93. The first-order valence-corrected chi connectivity index (χ1v) is 8.24. The van der Waals surface area contributed by atoms with E-state index >= 15 is 0 Å². The van der Waals surface area contributed by atoms with Gasteiger partial charge in [0.15, 0.2) is 0 Å². The van der Waals surface area contributed by atoms with Gasteiger partial charge < -0.3 is 15.7 Å². The average molecular weight is 296 g/mol. The molecule has 0 aromatic carbocycles. The van der Waals surface area contributed by atoms with Crippen LogP contribution in [0.1, 0.15) is 52.4 Å². The lowest BCUT2D eigenvalue weighted by atomic mass is 9.82. The first-order chi connectivity index (χ1) is 9.97. The fourth-order valence-electron chi connectivity index (χ4n) is 3.64. The highest BCUT2D eigenvalue weighted by atomic mass is 16.4. The van der Waals surface area contributed by atoms with Gasteiger partial charge in [-0.15, -0.1) is 0 Å². The van der Waals surface area contributed by atoms with E-state index in [2.05, 4.69) is 24.5 Å². The van der Waals surface area contributed by atoms with E-state index in [9.17, 15) is 9.59 Å². The SMILES string of the molecule is CC1CCC(NC(=O)NCC2CCC(C(=O)O)CC2)C1C. The highest BCUT2D eigenvalue weighted by molar-refractivity contribution is 5.74. The third kappa shape index (κ3) is 4.35. The summed E-state index contributed by atoms with van der Waals surface area (Å²) in [7, 11) is 0. The van der Waals surface area contributed by atoms with Crippen LogP contribution in [0.2, 0.25) is 0 Å². The topological polar surface area (TPSA) is 78.4 Å². The lowest BCUT2D eigenvalue weighted by Crippen LogP contribution is -2.45. The molecule has 0 bridgehead atoms. The van der Waals surface area contributed by atoms with Crippen molar-refractivity contribution in [2.24, 2.45) is 23.7 Å². The van der Waals surface area contributed by atoms with Crippen LogP contribution in [-0.2, 0) is 4.79 Å². The third-order valence-electron chi connectivity index (χ3n) is 5.53. The van der Waals surface area contributed by atoms with Crippen LogP contribution in [0.3, 0.4) is 0 Å². The second kappa shape index (κ2) is 7.14. The highest BCUT2D eigenvalue weighted by Crippen LogP contribution is 2.31. The Morgan fingerprint density at radius 3 is 2.24 bits per heavy atom. The summed E-state index contributed by atoms with van der Waals surface area (Å²) in [6.07, 6.45) is 5.52. The van der Waals surface area contributed by atoms with Crippen molar-refractivity contribution in [3.63, 3.8) is 0 Å². The summed E-state index contributed by atoms with van der Waals surface area (Å²) in [5.41, 5.74) is 0. The second-order valence-electron chi connectivity index (χ2n) is 6.93. The van der Waals surface area contributed by atoms with E-state index in [1.54, 1.807) is 0 Å². The van der Waals surface area contributed by atoms with Crippen LogP contribution in [0.25, 0.3) is 0 Å². The Labute approximate surface area is 126 Å². The minimum absolute atomic E-state index is 0.0682. The number of urea groups is 1. The molecule has 2 amide bonds. The van der Waals surface area contributed by atoms with E-state index in [0.717, 1.165) is 32.1 Å². The zero-order valence-electron chi connectivity index (χ0n) is 13.1. The molecule has 2 aliphatic rings. The molecule has 3 atom stereocenters. The highest BCUT2D eigenvalue weighted by Gasteiger charge is 2.31. The van der Waals surface area contributed by atoms with Crippen molar-refractivity contribution in [3.05, 3.63) is 0 Å². The molecule has 21 heavy (non-hydrogen) atoms. The summed E-state index contributed by atoms with van der Waals surface area (Å²) in [6.45, 7) is 5.11. The van der Waals surface area contributed by atoms with Crippen molar-refractivity contribution in [2.45, 2.75) is 58.4 Å². The summed E-state index contributed by atoms with van der Waals surface area (Å²) in [5.74, 6) is 0.786. The molecule has 2 saturated carbocycles. The van der Waals surface area contributed by atoms with Gasteiger partial charge in [0.2, 0.25) is 0 Å². The Balaban J connectivity index is 1.65. The van der Waals surface area contributed by atoms with E-state index < -0.39 is 5.97 Å². The standard InChI is InChI=1S/C16H28N2O3/c1-10-3-8-14(11(10)2)18-16(21)17-9-12-4-6-13(7-5-12)15(19)20/h10-14H,3-9H2,1-2H3,(H,19,20)(H2,17,18,21). The molecule has 0 saturated heterocycles. The molecule has 5 heteroatoms. The van der Waals surface area contributed by atoms with E-state index in [1.165, 1.54) is 6.42 Å². The smallest absolute Gasteiger partial charge is 0.315 e. The predicted octanol–water partition coefficient (Wildman–Crippen LogP) is 2.61. The van der Waals surface area contributed by atoms with Crippen molar-refractivity contribution in [1.29, 1.82) is 0 Å². The summed E-state index contributed by atoms with van der Waals surface area (Å²) >= 11 is 0. The Morgan fingerprint density at radius 2 is 1.71 bits per heavy atom. The van der Waals surface area contributed by atoms with Crippen LogP contribution in [-0.4, -0.2) is 29.7 Å². The zero-order valence-corrected chi connectivity index (χ0v) is 13.1. The van der Waals surface area contributed by atoms with Gasteiger partial charge in [-0.2, -0.15) is 0 Å². The van der Waals surface area contributed by atoms with Gasteiger partial charge in [0.05, 0.1) is 5.92 Å². The van der Waals surface area contributed by atoms with Gasteiger partial charge in [-0.3, -0.25) is 4.79 Å². The lowest BCUT2D eigenvalue weighted by molar-refractivity contribution is -0.143. The third-order valence-corrected chi connectivity index (χ3v) is 5.53. The monoisotopic (exact) mass is 296 g/mol. The number of carbonyl (C=O) groups excluding carboxylic acids is 1. The Hall–Kier alpha value is -1.26. The van der Waals surface area contributed by atoms with Gasteiger partial charge in [0.25, 0.3) is 0 Å². The molecule has 0 aliphatic heterocycles. The van der Waals surface area contributed by atoms with Gasteiger partial charge in [0.1, 0.15) is 0 Å². The van der Waals surface area contributed by atoms with Gasteiger partial charge in [-0.1, -0.05) is 13.8 Å². The number of hydrogen-bond acceptors (Lipinski definition) is 2. The quantitative estimate of drug-likeness (QED) is 0.746. The van der Waals surface area contributed by atoms with Crippen molar-refractivity contribution in [2.75, 3.05) is 6.54 Å². The molecular formula is C16H28N2O3. The average Bonchev–Trinajstić information content (AvgIpc) is 2.77. The fourth-order valence-corrected chi connectivity index (χ4v) is 3.64. The van der Waals surface area contributed by atoms with E-state index in [0.29, 0.717) is 30.3 Å². The van der Waals surface area contributed by atoms with Crippen LogP contribution in [0.15, 0.2) is 0 Å². The van der Waals surface area contributed by atoms with Crippen molar-refractivity contribution in [3.8, 4) is 0 Å². The number of carbonyl (C=O) groups is 2. The van der Waals surface area contributed by atoms with Crippen LogP contribution >= 0.6 is 0 Å². The van der Waals surface area contributed by atoms with Crippen molar-refractivity contribution in [1.82, 2.24) is 10.6 Å². The summed E-state index contributed by atoms with van der Waals surface area (Å²) in [6, 6.07) is 0.226. The maximum atomic E-state index is 12.0. The number of aliphatic carboxylic acids is 1. The normalized spacial score (nSPS) is 36.2. The molecular weight excluding hydrogens is 268 g/mol. The molecule has 0 heterocycles. The first kappa shape index (κ1) is 16.1. The zero-order chi connectivity index (χ0) is 15.4. The van der Waals surface area contributed by atoms with Crippen LogP contribution < -0.4 is 10.6 Å². The number of carboxylic acids is 1.